The van der Waals surface area contributed by atoms with E-state index in [0.717, 1.165) is 14.5 Å². The number of nitrogens with one attached hydrogen (secondary N) is 1. The lowest BCUT2D eigenvalue weighted by Gasteiger charge is -1.94. The van der Waals surface area contributed by atoms with E-state index >= 15 is 0 Å². The van der Waals surface area contributed by atoms with Crippen molar-refractivity contribution in [2.24, 2.45) is 0 Å². The molecule has 1 N–H and O–H groups in total. The second kappa shape index (κ2) is 2.64. The molecule has 0 atom stereocenters. The Bertz CT molecular complexity index is 392. The number of fused-ring (bicyclic) bond motifs is 1. The molecule has 0 fully saturated rings. The summed E-state index contributed by atoms with van der Waals surface area (Å²) in [7, 11) is 0. The van der Waals surface area contributed by atoms with Gasteiger partial charge in [-0.05, 0) is 18.2 Å². The Morgan fingerprint density at radius 2 is 2.00 bits per heavy atom. The second-order valence-corrected chi connectivity index (χ2v) is 4.10. The molecule has 3 heteroatoms. The van der Waals surface area contributed by atoms with E-state index in [9.17, 15) is 0 Å². The molecule has 0 radical (unpaired) electrons. The Kier molecular flexibility index (Phi) is 1.77. The minimum absolute atomic E-state index is 1.08. The predicted octanol–water partition coefficient (Wildman–Crippen LogP) is 3.69. The van der Waals surface area contributed by atoms with Gasteiger partial charge in [-0.2, -0.15) is 0 Å². The number of aromatic amines is 1. The molecular formula is C8H5Br2N. The van der Waals surface area contributed by atoms with Crippen LogP contribution in [0.1, 0.15) is 0 Å². The largest absolute Gasteiger partial charge is 0.361 e. The van der Waals surface area contributed by atoms with Gasteiger partial charge in [-0.25, -0.2) is 0 Å². The van der Waals surface area contributed by atoms with Crippen LogP contribution in [0.4, 0.5) is 0 Å². The zero-order valence-corrected chi connectivity index (χ0v) is 8.74. The van der Waals surface area contributed by atoms with E-state index in [1.165, 1.54) is 5.39 Å². The molecule has 2 aromatic rings. The van der Waals surface area contributed by atoms with Gasteiger partial charge >= 0.3 is 0 Å². The van der Waals surface area contributed by atoms with Gasteiger partial charge in [0, 0.05) is 26.0 Å². The first-order valence-electron chi connectivity index (χ1n) is 3.19. The van der Waals surface area contributed by atoms with Crippen molar-refractivity contribution in [3.8, 4) is 0 Å². The van der Waals surface area contributed by atoms with Crippen molar-refractivity contribution in [1.29, 1.82) is 0 Å². The third-order valence-electron chi connectivity index (χ3n) is 1.58. The second-order valence-electron chi connectivity index (χ2n) is 2.33. The number of H-pyrrole nitrogens is 1. The maximum absolute atomic E-state index is 3.48. The maximum Gasteiger partial charge on any atom is 0.0476 e. The smallest absolute Gasteiger partial charge is 0.0476 e. The molecule has 1 aromatic heterocycles. The van der Waals surface area contributed by atoms with Crippen LogP contribution in [0.25, 0.3) is 10.9 Å². The first-order chi connectivity index (χ1) is 5.27. The minimum atomic E-state index is 1.08. The molecule has 1 nitrogen and oxygen atoms in total. The highest BCUT2D eigenvalue weighted by atomic mass is 79.9. The first kappa shape index (κ1) is 7.37. The van der Waals surface area contributed by atoms with Crippen LogP contribution < -0.4 is 0 Å². The van der Waals surface area contributed by atoms with E-state index in [1.54, 1.807) is 0 Å². The highest BCUT2D eigenvalue weighted by Gasteiger charge is 1.99. The van der Waals surface area contributed by atoms with Gasteiger partial charge in [-0.3, -0.25) is 0 Å². The molecule has 2 rings (SSSR count). The van der Waals surface area contributed by atoms with Crippen LogP contribution in [0.3, 0.4) is 0 Å². The van der Waals surface area contributed by atoms with Gasteiger partial charge in [0.1, 0.15) is 0 Å². The molecule has 0 aliphatic heterocycles. The molecule has 1 aromatic carbocycles. The Morgan fingerprint density at radius 1 is 1.18 bits per heavy atom. The highest BCUT2D eigenvalue weighted by molar-refractivity contribution is 9.11. The standard InChI is InChI=1S/C8H5Br2N/c9-5-3-7(10)6-1-2-11-8(6)4-5/h1-4,11H. The molecule has 0 amide bonds. The first-order valence-corrected chi connectivity index (χ1v) is 4.78. The summed E-state index contributed by atoms with van der Waals surface area (Å²) in [6, 6.07) is 6.14. The summed E-state index contributed by atoms with van der Waals surface area (Å²) < 4.78 is 2.20. The van der Waals surface area contributed by atoms with Crippen LogP contribution in [0, 0.1) is 0 Å². The van der Waals surface area contributed by atoms with Crippen molar-refractivity contribution in [3.05, 3.63) is 33.3 Å². The van der Waals surface area contributed by atoms with Gasteiger partial charge in [-0.1, -0.05) is 31.9 Å². The Morgan fingerprint density at radius 3 is 2.82 bits per heavy atom. The van der Waals surface area contributed by atoms with Crippen molar-refractivity contribution in [1.82, 2.24) is 4.98 Å². The third kappa shape index (κ3) is 1.23. The molecule has 0 aliphatic carbocycles. The van der Waals surface area contributed by atoms with Crippen molar-refractivity contribution in [2.75, 3.05) is 0 Å². The average molecular weight is 275 g/mol. The van der Waals surface area contributed by atoms with E-state index in [2.05, 4.69) is 42.9 Å². The van der Waals surface area contributed by atoms with Crippen LogP contribution in [0.2, 0.25) is 0 Å². The Hall–Kier alpha value is -0.280. The lowest BCUT2D eigenvalue weighted by Crippen LogP contribution is -1.70. The molecule has 0 saturated carbocycles. The van der Waals surface area contributed by atoms with E-state index in [4.69, 9.17) is 0 Å². The van der Waals surface area contributed by atoms with Gasteiger partial charge in [0.05, 0.1) is 0 Å². The topological polar surface area (TPSA) is 15.8 Å². The predicted molar refractivity (Wildman–Crippen MR) is 53.7 cm³/mol. The number of hydrogen-bond acceptors (Lipinski definition) is 0. The van der Waals surface area contributed by atoms with Crippen LogP contribution >= 0.6 is 31.9 Å². The Labute approximate surface area is 81.1 Å². The van der Waals surface area contributed by atoms with Crippen LogP contribution in [0.5, 0.6) is 0 Å². The lowest BCUT2D eigenvalue weighted by molar-refractivity contribution is 1.47. The zero-order valence-electron chi connectivity index (χ0n) is 5.57. The Balaban J connectivity index is 2.91. The zero-order chi connectivity index (χ0) is 7.84. The summed E-state index contributed by atoms with van der Waals surface area (Å²) in [6.07, 6.45) is 1.93. The monoisotopic (exact) mass is 273 g/mol. The normalized spacial score (nSPS) is 10.7. The summed E-state index contributed by atoms with van der Waals surface area (Å²) in [4.78, 5) is 3.14. The number of halogens is 2. The molecule has 56 valence electrons. The number of rotatable bonds is 0. The molecular weight excluding hydrogens is 270 g/mol. The van der Waals surface area contributed by atoms with Crippen LogP contribution in [-0.4, -0.2) is 4.98 Å². The van der Waals surface area contributed by atoms with E-state index in [1.807, 2.05) is 18.3 Å². The summed E-state index contributed by atoms with van der Waals surface area (Å²) >= 11 is 6.89. The van der Waals surface area contributed by atoms with E-state index in [0.29, 0.717) is 0 Å². The van der Waals surface area contributed by atoms with Crippen LogP contribution in [-0.2, 0) is 0 Å². The third-order valence-corrected chi connectivity index (χ3v) is 2.70. The molecule has 0 spiro atoms. The summed E-state index contributed by atoms with van der Waals surface area (Å²) in [5.74, 6) is 0. The van der Waals surface area contributed by atoms with E-state index < -0.39 is 0 Å². The molecule has 0 unspecified atom stereocenters. The van der Waals surface area contributed by atoms with Crippen molar-refractivity contribution in [2.45, 2.75) is 0 Å². The van der Waals surface area contributed by atoms with E-state index in [-0.39, 0.29) is 0 Å². The number of hydrogen-bond donors (Lipinski definition) is 1. The van der Waals surface area contributed by atoms with Crippen molar-refractivity contribution >= 4 is 42.8 Å². The van der Waals surface area contributed by atoms with Gasteiger partial charge in [0.25, 0.3) is 0 Å². The van der Waals surface area contributed by atoms with Gasteiger partial charge < -0.3 is 4.98 Å². The molecule has 1 heterocycles. The number of benzene rings is 1. The minimum Gasteiger partial charge on any atom is -0.361 e. The molecule has 11 heavy (non-hydrogen) atoms. The highest BCUT2D eigenvalue weighted by Crippen LogP contribution is 2.27. The molecule has 0 bridgehead atoms. The fourth-order valence-corrected chi connectivity index (χ4v) is 2.45. The average Bonchev–Trinajstić information content (AvgIpc) is 2.34. The van der Waals surface area contributed by atoms with Gasteiger partial charge in [0.15, 0.2) is 0 Å². The molecule has 0 saturated heterocycles. The van der Waals surface area contributed by atoms with Gasteiger partial charge in [0.2, 0.25) is 0 Å². The fourth-order valence-electron chi connectivity index (χ4n) is 1.09. The summed E-state index contributed by atoms with van der Waals surface area (Å²) in [6.45, 7) is 0. The molecule has 0 aliphatic rings. The summed E-state index contributed by atoms with van der Waals surface area (Å²) in [5, 5.41) is 1.22. The van der Waals surface area contributed by atoms with Crippen molar-refractivity contribution < 1.29 is 0 Å². The quantitative estimate of drug-likeness (QED) is 0.754. The lowest BCUT2D eigenvalue weighted by atomic mass is 10.3. The SMILES string of the molecule is Brc1cc(Br)c2cc[nH]c2c1. The van der Waals surface area contributed by atoms with Crippen molar-refractivity contribution in [3.63, 3.8) is 0 Å². The van der Waals surface area contributed by atoms with Gasteiger partial charge in [-0.15, -0.1) is 0 Å². The summed E-state index contributed by atoms with van der Waals surface area (Å²) in [5.41, 5.74) is 1.14. The fraction of sp³-hybridized carbons (Fsp3) is 0. The maximum atomic E-state index is 3.48. The van der Waals surface area contributed by atoms with Crippen LogP contribution in [0.15, 0.2) is 33.3 Å². The number of aromatic nitrogens is 1.